The van der Waals surface area contributed by atoms with E-state index >= 15 is 0 Å². The van der Waals surface area contributed by atoms with Crippen LogP contribution in [0.15, 0.2) is 0 Å². The molecule has 6 saturated heterocycles. The second-order valence-corrected chi connectivity index (χ2v) is 3.51. The van der Waals surface area contributed by atoms with E-state index in [1.165, 1.54) is 0 Å². The maximum Gasteiger partial charge on any atom is 0.127 e. The molecule has 40 valence electrons. The lowest BCUT2D eigenvalue weighted by Gasteiger charge is -3.04. The van der Waals surface area contributed by atoms with Crippen molar-refractivity contribution in [3.63, 3.8) is 0 Å². The lowest BCUT2D eigenvalue weighted by Crippen LogP contribution is -3.22. The third-order valence-electron chi connectivity index (χ3n) is 3.67. The standard InChI is InChI=1S/C5H5N3/c1-2-6-3(1)8-4(1)7(2)5(6)8/h1-5H. The molecule has 6 fully saturated rings. The van der Waals surface area contributed by atoms with Crippen molar-refractivity contribution in [2.75, 3.05) is 0 Å². The van der Waals surface area contributed by atoms with Crippen LogP contribution in [-0.4, -0.2) is 39.5 Å². The average molecular weight is 107 g/mol. The minimum atomic E-state index is 0.833. The first-order chi connectivity index (χ1) is 4.00. The molecule has 6 aliphatic heterocycles. The third-order valence-corrected chi connectivity index (χ3v) is 3.67. The van der Waals surface area contributed by atoms with Gasteiger partial charge in [-0.3, -0.25) is 0 Å². The Bertz CT molecular complexity index is 118. The highest BCUT2D eigenvalue weighted by Gasteiger charge is 2.97. The molecular formula is C5H5N3. The summed E-state index contributed by atoms with van der Waals surface area (Å²) in [5.41, 5.74) is 0. The van der Waals surface area contributed by atoms with Gasteiger partial charge in [0.15, 0.2) is 0 Å². The molecule has 0 unspecified atom stereocenters. The van der Waals surface area contributed by atoms with Crippen LogP contribution in [0, 0.1) is 5.92 Å². The highest BCUT2D eigenvalue weighted by Crippen LogP contribution is 2.79. The normalized spacial score (nSPS) is 87.8. The zero-order chi connectivity index (χ0) is 4.62. The number of rotatable bonds is 0. The minimum absolute atomic E-state index is 0.833. The first kappa shape index (κ1) is 2.64. The third kappa shape index (κ3) is 0.0611. The molecule has 0 bridgehead atoms. The molecule has 0 amide bonds. The number of hydrogen-bond donors (Lipinski definition) is 0. The predicted octanol–water partition coefficient (Wildman–Crippen LogP) is -1.16. The quantitative estimate of drug-likeness (QED) is 0.386. The van der Waals surface area contributed by atoms with Crippen LogP contribution in [0.3, 0.4) is 0 Å². The van der Waals surface area contributed by atoms with Crippen molar-refractivity contribution in [2.24, 2.45) is 5.92 Å². The fourth-order valence-corrected chi connectivity index (χ4v) is 3.35. The molecule has 6 aliphatic rings. The van der Waals surface area contributed by atoms with Crippen molar-refractivity contribution in [2.45, 2.75) is 24.8 Å². The van der Waals surface area contributed by atoms with E-state index in [0.717, 1.165) is 30.7 Å². The molecule has 0 aromatic heterocycles. The highest BCUT2D eigenvalue weighted by molar-refractivity contribution is 5.40. The second-order valence-electron chi connectivity index (χ2n) is 3.51. The average Bonchev–Trinajstić information content (AvgIpc) is 1.90. The smallest absolute Gasteiger partial charge is 0.127 e. The SMILES string of the molecule is C12C3N4C1N1C2N3C41. The van der Waals surface area contributed by atoms with Gasteiger partial charge in [0.05, 0.1) is 18.5 Å². The summed E-state index contributed by atoms with van der Waals surface area (Å²) < 4.78 is 0. The molecule has 0 atom stereocenters. The Morgan fingerprint density at radius 3 is 1.38 bits per heavy atom. The van der Waals surface area contributed by atoms with Crippen LogP contribution in [-0.2, 0) is 0 Å². The lowest BCUT2D eigenvalue weighted by atomic mass is 9.56. The van der Waals surface area contributed by atoms with E-state index in [9.17, 15) is 0 Å². The molecule has 6 heterocycles. The maximum atomic E-state index is 2.62. The Kier molecular flexibility index (Phi) is 0.138. The first-order valence-electron chi connectivity index (χ1n) is 3.32. The van der Waals surface area contributed by atoms with Crippen LogP contribution in [0.1, 0.15) is 0 Å². The molecule has 8 heavy (non-hydrogen) atoms. The predicted molar refractivity (Wildman–Crippen MR) is 24.2 cm³/mol. The van der Waals surface area contributed by atoms with Gasteiger partial charge in [0.25, 0.3) is 0 Å². The van der Waals surface area contributed by atoms with Crippen LogP contribution in [0.5, 0.6) is 0 Å². The van der Waals surface area contributed by atoms with E-state index in [1.54, 1.807) is 0 Å². The Hall–Kier alpha value is -0.120. The van der Waals surface area contributed by atoms with E-state index in [1.807, 2.05) is 0 Å². The molecule has 0 saturated carbocycles. The topological polar surface area (TPSA) is 9.72 Å². The molecule has 0 aromatic carbocycles. The van der Waals surface area contributed by atoms with E-state index in [2.05, 4.69) is 14.7 Å². The van der Waals surface area contributed by atoms with Crippen LogP contribution < -0.4 is 0 Å². The monoisotopic (exact) mass is 107 g/mol. The number of nitrogens with zero attached hydrogens (tertiary/aromatic N) is 3. The molecule has 3 heteroatoms. The van der Waals surface area contributed by atoms with Gasteiger partial charge in [-0.15, -0.1) is 0 Å². The zero-order valence-electron chi connectivity index (χ0n) is 4.23. The van der Waals surface area contributed by atoms with E-state index in [4.69, 9.17) is 0 Å². The van der Waals surface area contributed by atoms with Crippen LogP contribution in [0.4, 0.5) is 0 Å². The van der Waals surface area contributed by atoms with Gasteiger partial charge in [0, 0.05) is 5.92 Å². The Morgan fingerprint density at radius 1 is 0.750 bits per heavy atom. The van der Waals surface area contributed by atoms with E-state index in [-0.39, 0.29) is 0 Å². The summed E-state index contributed by atoms with van der Waals surface area (Å²) in [6, 6.07) is 0. The summed E-state index contributed by atoms with van der Waals surface area (Å²) >= 11 is 0. The van der Waals surface area contributed by atoms with Crippen molar-refractivity contribution >= 4 is 0 Å². The van der Waals surface area contributed by atoms with E-state index in [0.29, 0.717) is 0 Å². The molecule has 0 spiro atoms. The minimum Gasteiger partial charge on any atom is -0.242 e. The van der Waals surface area contributed by atoms with Gasteiger partial charge in [0.1, 0.15) is 6.29 Å². The van der Waals surface area contributed by atoms with Crippen molar-refractivity contribution in [1.29, 1.82) is 0 Å². The van der Waals surface area contributed by atoms with Gasteiger partial charge >= 0.3 is 0 Å². The van der Waals surface area contributed by atoms with Gasteiger partial charge in [-0.1, -0.05) is 0 Å². The molecular weight excluding hydrogens is 102 g/mol. The summed E-state index contributed by atoms with van der Waals surface area (Å²) in [6.45, 7) is 0. The maximum absolute atomic E-state index is 2.62. The van der Waals surface area contributed by atoms with Gasteiger partial charge in [-0.05, 0) is 0 Å². The van der Waals surface area contributed by atoms with Crippen LogP contribution >= 0.6 is 0 Å². The molecule has 6 rings (SSSR count). The fraction of sp³-hybridized carbons (Fsp3) is 1.00. The van der Waals surface area contributed by atoms with Gasteiger partial charge in [-0.25, -0.2) is 14.7 Å². The fourth-order valence-electron chi connectivity index (χ4n) is 3.35. The van der Waals surface area contributed by atoms with Crippen molar-refractivity contribution in [3.05, 3.63) is 0 Å². The van der Waals surface area contributed by atoms with Crippen LogP contribution in [0.2, 0.25) is 0 Å². The summed E-state index contributed by atoms with van der Waals surface area (Å²) in [5.74, 6) is 1.11. The molecule has 0 N–H and O–H groups in total. The van der Waals surface area contributed by atoms with Gasteiger partial charge in [0.2, 0.25) is 0 Å². The molecule has 3 nitrogen and oxygen atoms in total. The van der Waals surface area contributed by atoms with Crippen LogP contribution in [0.25, 0.3) is 0 Å². The highest BCUT2D eigenvalue weighted by atomic mass is 16.0. The summed E-state index contributed by atoms with van der Waals surface area (Å²) in [4.78, 5) is 7.85. The van der Waals surface area contributed by atoms with E-state index < -0.39 is 0 Å². The molecule has 0 radical (unpaired) electrons. The van der Waals surface area contributed by atoms with Gasteiger partial charge in [-0.2, -0.15) is 0 Å². The summed E-state index contributed by atoms with van der Waals surface area (Å²) in [7, 11) is 0. The van der Waals surface area contributed by atoms with Crippen molar-refractivity contribution in [3.8, 4) is 0 Å². The van der Waals surface area contributed by atoms with Gasteiger partial charge < -0.3 is 0 Å². The Balaban J connectivity index is 2.00. The Labute approximate surface area is 46.4 Å². The Morgan fingerprint density at radius 2 is 1.25 bits per heavy atom. The zero-order valence-corrected chi connectivity index (χ0v) is 4.23. The lowest BCUT2D eigenvalue weighted by molar-refractivity contribution is -0.676. The summed E-state index contributed by atoms with van der Waals surface area (Å²) in [5, 5.41) is 0. The number of hydrogen-bond acceptors (Lipinski definition) is 3. The second kappa shape index (κ2) is 0.417. The van der Waals surface area contributed by atoms with Crippen molar-refractivity contribution < 1.29 is 0 Å². The molecule has 0 aliphatic carbocycles. The largest absolute Gasteiger partial charge is 0.242 e. The molecule has 0 aromatic rings. The first-order valence-corrected chi connectivity index (χ1v) is 3.32. The van der Waals surface area contributed by atoms with Crippen molar-refractivity contribution in [1.82, 2.24) is 14.7 Å². The summed E-state index contributed by atoms with van der Waals surface area (Å²) in [6.07, 6.45) is 3.71.